The van der Waals surface area contributed by atoms with Gasteiger partial charge in [0.1, 0.15) is 12.4 Å². The van der Waals surface area contributed by atoms with Crippen LogP contribution in [0.3, 0.4) is 0 Å². The number of nitrogens with zero attached hydrogens (tertiary/aromatic N) is 1. The minimum Gasteiger partial charge on any atom is -0.486 e. The van der Waals surface area contributed by atoms with Crippen molar-refractivity contribution in [2.75, 3.05) is 5.32 Å². The van der Waals surface area contributed by atoms with Crippen molar-refractivity contribution in [1.29, 1.82) is 0 Å². The number of benzene rings is 1. The van der Waals surface area contributed by atoms with Crippen molar-refractivity contribution in [3.8, 4) is 5.75 Å². The number of anilines is 1. The van der Waals surface area contributed by atoms with E-state index in [1.165, 1.54) is 11.3 Å². The van der Waals surface area contributed by atoms with E-state index in [0.717, 1.165) is 31.6 Å². The minimum atomic E-state index is -0.208. The van der Waals surface area contributed by atoms with Gasteiger partial charge in [0.2, 0.25) is 0 Å². The van der Waals surface area contributed by atoms with Gasteiger partial charge in [-0.1, -0.05) is 18.1 Å². The van der Waals surface area contributed by atoms with E-state index < -0.39 is 0 Å². The number of amides is 2. The van der Waals surface area contributed by atoms with Crippen LogP contribution in [0.25, 0.3) is 0 Å². The maximum atomic E-state index is 12.4. The summed E-state index contributed by atoms with van der Waals surface area (Å²) < 4.78 is 10.9. The summed E-state index contributed by atoms with van der Waals surface area (Å²) in [5.74, 6) is 1.47. The van der Waals surface area contributed by atoms with Crippen molar-refractivity contribution >= 4 is 28.8 Å². The lowest BCUT2D eigenvalue weighted by Crippen LogP contribution is -2.37. The zero-order chi connectivity index (χ0) is 21.6. The number of carbonyl (C=O) groups is 2. The van der Waals surface area contributed by atoms with Crippen LogP contribution in [-0.2, 0) is 6.61 Å². The Bertz CT molecular complexity index is 1010. The first-order valence-corrected chi connectivity index (χ1v) is 11.3. The van der Waals surface area contributed by atoms with Gasteiger partial charge in [0.15, 0.2) is 11.5 Å². The molecule has 3 aromatic rings. The van der Waals surface area contributed by atoms with Crippen LogP contribution < -0.4 is 15.4 Å². The van der Waals surface area contributed by atoms with E-state index >= 15 is 0 Å². The van der Waals surface area contributed by atoms with E-state index in [0.29, 0.717) is 22.1 Å². The first-order chi connectivity index (χ1) is 15.1. The van der Waals surface area contributed by atoms with E-state index in [-0.39, 0.29) is 30.2 Å². The zero-order valence-corrected chi connectivity index (χ0v) is 18.1. The number of nitrogens with one attached hydrogen (secondary N) is 2. The average molecular weight is 440 g/mol. The molecule has 2 N–H and O–H groups in total. The Balaban J connectivity index is 1.25. The van der Waals surface area contributed by atoms with E-state index in [1.807, 2.05) is 11.4 Å². The molecular weight excluding hydrogens is 414 g/mol. The maximum absolute atomic E-state index is 12.4. The summed E-state index contributed by atoms with van der Waals surface area (Å²) in [7, 11) is 0. The Morgan fingerprint density at radius 2 is 1.90 bits per heavy atom. The molecule has 1 aliphatic rings. The SMILES string of the molecule is CC1CCC(NC(=O)c2cc(COc3ccc(NC(=O)c4cccs4)cc3)on2)CC1. The van der Waals surface area contributed by atoms with Gasteiger partial charge in [-0.15, -0.1) is 11.3 Å². The van der Waals surface area contributed by atoms with Crippen molar-refractivity contribution in [3.05, 3.63) is 64.2 Å². The van der Waals surface area contributed by atoms with Crippen molar-refractivity contribution in [1.82, 2.24) is 10.5 Å². The molecule has 1 saturated carbocycles. The summed E-state index contributed by atoms with van der Waals surface area (Å²) in [6, 6.07) is 12.5. The predicted molar refractivity (Wildman–Crippen MR) is 118 cm³/mol. The minimum absolute atomic E-state index is 0.140. The van der Waals surface area contributed by atoms with E-state index in [4.69, 9.17) is 9.26 Å². The summed E-state index contributed by atoms with van der Waals surface area (Å²) in [6.45, 7) is 2.40. The monoisotopic (exact) mass is 439 g/mol. The molecule has 1 aliphatic carbocycles. The summed E-state index contributed by atoms with van der Waals surface area (Å²) in [5, 5.41) is 11.6. The second-order valence-electron chi connectivity index (χ2n) is 7.85. The number of hydrogen-bond acceptors (Lipinski definition) is 6. The number of carbonyl (C=O) groups excluding carboxylic acids is 2. The van der Waals surface area contributed by atoms with Crippen LogP contribution in [0.15, 0.2) is 52.4 Å². The molecule has 0 saturated heterocycles. The first kappa shape index (κ1) is 21.1. The predicted octanol–water partition coefficient (Wildman–Crippen LogP) is 4.88. The van der Waals surface area contributed by atoms with Gasteiger partial charge in [-0.2, -0.15) is 0 Å². The van der Waals surface area contributed by atoms with Crippen LogP contribution in [0.1, 0.15) is 58.5 Å². The molecule has 0 atom stereocenters. The molecule has 8 heteroatoms. The highest BCUT2D eigenvalue weighted by Gasteiger charge is 2.22. The summed E-state index contributed by atoms with van der Waals surface area (Å²) in [4.78, 5) is 25.1. The molecule has 2 aromatic heterocycles. The maximum Gasteiger partial charge on any atom is 0.273 e. The molecule has 0 aliphatic heterocycles. The lowest BCUT2D eigenvalue weighted by atomic mass is 9.87. The molecule has 0 spiro atoms. The number of ether oxygens (including phenoxy) is 1. The smallest absolute Gasteiger partial charge is 0.273 e. The van der Waals surface area contributed by atoms with Crippen molar-refractivity contribution in [3.63, 3.8) is 0 Å². The van der Waals surface area contributed by atoms with Gasteiger partial charge in [0, 0.05) is 17.8 Å². The number of hydrogen-bond donors (Lipinski definition) is 2. The summed E-state index contributed by atoms with van der Waals surface area (Å²) >= 11 is 1.39. The molecule has 31 heavy (non-hydrogen) atoms. The van der Waals surface area contributed by atoms with Gasteiger partial charge >= 0.3 is 0 Å². The quantitative estimate of drug-likeness (QED) is 0.547. The number of aromatic nitrogens is 1. The highest BCUT2D eigenvalue weighted by atomic mass is 32.1. The fourth-order valence-electron chi connectivity index (χ4n) is 3.54. The lowest BCUT2D eigenvalue weighted by Gasteiger charge is -2.26. The molecule has 0 radical (unpaired) electrons. The Labute approximate surface area is 184 Å². The van der Waals surface area contributed by atoms with Gasteiger partial charge in [-0.25, -0.2) is 0 Å². The molecule has 2 heterocycles. The molecule has 2 amide bonds. The molecule has 0 unspecified atom stereocenters. The lowest BCUT2D eigenvalue weighted by molar-refractivity contribution is 0.0913. The normalized spacial score (nSPS) is 18.4. The van der Waals surface area contributed by atoms with Crippen molar-refractivity contribution in [2.24, 2.45) is 5.92 Å². The highest BCUT2D eigenvalue weighted by molar-refractivity contribution is 7.12. The van der Waals surface area contributed by atoms with Gasteiger partial charge in [-0.3, -0.25) is 9.59 Å². The van der Waals surface area contributed by atoms with Crippen LogP contribution in [0.5, 0.6) is 5.75 Å². The van der Waals surface area contributed by atoms with Crippen LogP contribution in [0.2, 0.25) is 0 Å². The van der Waals surface area contributed by atoms with Gasteiger partial charge in [-0.05, 0) is 67.3 Å². The van der Waals surface area contributed by atoms with Crippen LogP contribution in [-0.4, -0.2) is 23.0 Å². The Morgan fingerprint density at radius 3 is 2.61 bits per heavy atom. The third-order valence-corrected chi connectivity index (χ3v) is 6.25. The van der Waals surface area contributed by atoms with Gasteiger partial charge in [0.25, 0.3) is 11.8 Å². The van der Waals surface area contributed by atoms with Crippen molar-refractivity contribution < 1.29 is 18.8 Å². The van der Waals surface area contributed by atoms with Crippen LogP contribution >= 0.6 is 11.3 Å². The van der Waals surface area contributed by atoms with E-state index in [2.05, 4.69) is 22.7 Å². The molecule has 1 aromatic carbocycles. The highest BCUT2D eigenvalue weighted by Crippen LogP contribution is 2.24. The third-order valence-electron chi connectivity index (χ3n) is 5.38. The fourth-order valence-corrected chi connectivity index (χ4v) is 4.16. The van der Waals surface area contributed by atoms with E-state index in [9.17, 15) is 9.59 Å². The second kappa shape index (κ2) is 9.78. The third kappa shape index (κ3) is 5.73. The Hall–Kier alpha value is -3.13. The second-order valence-corrected chi connectivity index (χ2v) is 8.80. The molecule has 7 nitrogen and oxygen atoms in total. The fraction of sp³-hybridized carbons (Fsp3) is 0.348. The number of rotatable bonds is 7. The van der Waals surface area contributed by atoms with Gasteiger partial charge < -0.3 is 19.9 Å². The Morgan fingerprint density at radius 1 is 1.13 bits per heavy atom. The summed E-state index contributed by atoms with van der Waals surface area (Å²) in [6.07, 6.45) is 4.29. The molecule has 4 rings (SSSR count). The van der Waals surface area contributed by atoms with Crippen molar-refractivity contribution in [2.45, 2.75) is 45.3 Å². The van der Waals surface area contributed by atoms with Crippen LogP contribution in [0, 0.1) is 5.92 Å². The topological polar surface area (TPSA) is 93.5 Å². The molecule has 1 fully saturated rings. The van der Waals surface area contributed by atoms with E-state index in [1.54, 1.807) is 36.4 Å². The average Bonchev–Trinajstić information content (AvgIpc) is 3.47. The standard InChI is InChI=1S/C23H25N3O4S/c1-15-4-6-16(7-5-15)24-22(27)20-13-19(30-26-20)14-29-18-10-8-17(9-11-18)25-23(28)21-3-2-12-31-21/h2-3,8-13,15-16H,4-7,14H2,1H3,(H,24,27)(H,25,28). The van der Waals surface area contributed by atoms with Gasteiger partial charge in [0.05, 0.1) is 4.88 Å². The number of thiophene rings is 1. The summed E-state index contributed by atoms with van der Waals surface area (Å²) in [5.41, 5.74) is 0.949. The largest absolute Gasteiger partial charge is 0.486 e. The zero-order valence-electron chi connectivity index (χ0n) is 17.3. The first-order valence-electron chi connectivity index (χ1n) is 10.4. The molecule has 0 bridgehead atoms. The Kier molecular flexibility index (Phi) is 6.66. The van der Waals surface area contributed by atoms with Crippen LogP contribution in [0.4, 0.5) is 5.69 Å². The molecule has 162 valence electrons. The molecular formula is C23H25N3O4S.